The SMILES string of the molecule is [CH2]CC[C@H](C)CCC. The molecule has 0 spiro atoms. The largest absolute Gasteiger partial charge is 0.0654 e. The fraction of sp³-hybridized carbons (Fsp3) is 0.875. The predicted octanol–water partition coefficient (Wildman–Crippen LogP) is 3.04. The van der Waals surface area contributed by atoms with Crippen LogP contribution < -0.4 is 0 Å². The van der Waals surface area contributed by atoms with E-state index in [2.05, 4.69) is 20.8 Å². The van der Waals surface area contributed by atoms with E-state index in [0.29, 0.717) is 0 Å². The normalized spacial score (nSPS) is 10.5. The Morgan fingerprint density at radius 1 is 1.38 bits per heavy atom. The molecule has 8 heavy (non-hydrogen) atoms. The van der Waals surface area contributed by atoms with Crippen molar-refractivity contribution in [2.75, 3.05) is 0 Å². The molecule has 0 N–H and O–H groups in total. The molecule has 49 valence electrons. The van der Waals surface area contributed by atoms with Gasteiger partial charge in [0.2, 0.25) is 0 Å². The van der Waals surface area contributed by atoms with Gasteiger partial charge >= 0.3 is 0 Å². The van der Waals surface area contributed by atoms with Crippen LogP contribution in [0.5, 0.6) is 0 Å². The Kier molecular flexibility index (Phi) is 5.14. The summed E-state index contributed by atoms with van der Waals surface area (Å²) in [6, 6.07) is 0. The van der Waals surface area contributed by atoms with E-state index in [1.54, 1.807) is 0 Å². The number of hydrogen-bond acceptors (Lipinski definition) is 0. The van der Waals surface area contributed by atoms with E-state index in [1.165, 1.54) is 19.3 Å². The van der Waals surface area contributed by atoms with Crippen LogP contribution in [-0.2, 0) is 0 Å². The van der Waals surface area contributed by atoms with Crippen molar-refractivity contribution >= 4 is 0 Å². The lowest BCUT2D eigenvalue weighted by atomic mass is 10.0. The van der Waals surface area contributed by atoms with Gasteiger partial charge in [0.15, 0.2) is 0 Å². The Labute approximate surface area is 53.3 Å². The smallest absolute Gasteiger partial charge is 0.0443 e. The monoisotopic (exact) mass is 113 g/mol. The summed E-state index contributed by atoms with van der Waals surface area (Å²) < 4.78 is 0. The molecule has 0 heteroatoms. The minimum Gasteiger partial charge on any atom is -0.0654 e. The average molecular weight is 113 g/mol. The maximum atomic E-state index is 3.81. The summed E-state index contributed by atoms with van der Waals surface area (Å²) in [5.41, 5.74) is 0. The predicted molar refractivity (Wildman–Crippen MR) is 38.7 cm³/mol. The van der Waals surface area contributed by atoms with Gasteiger partial charge < -0.3 is 0 Å². The molecule has 0 aliphatic rings. The zero-order chi connectivity index (χ0) is 6.41. The Morgan fingerprint density at radius 2 is 2.00 bits per heavy atom. The van der Waals surface area contributed by atoms with Gasteiger partial charge in [0, 0.05) is 0 Å². The van der Waals surface area contributed by atoms with Crippen LogP contribution >= 0.6 is 0 Å². The van der Waals surface area contributed by atoms with Gasteiger partial charge in [-0.15, -0.1) is 0 Å². The minimum absolute atomic E-state index is 0.900. The lowest BCUT2D eigenvalue weighted by Gasteiger charge is -2.05. The van der Waals surface area contributed by atoms with Gasteiger partial charge in [-0.2, -0.15) is 0 Å². The second-order valence-electron chi connectivity index (χ2n) is 2.54. The molecule has 0 rings (SSSR count). The molecule has 0 bridgehead atoms. The third-order valence-electron chi connectivity index (χ3n) is 1.48. The third kappa shape index (κ3) is 4.17. The lowest BCUT2D eigenvalue weighted by molar-refractivity contribution is 0.490. The molecule has 0 aromatic carbocycles. The van der Waals surface area contributed by atoms with E-state index < -0.39 is 0 Å². The highest BCUT2D eigenvalue weighted by atomic mass is 14.0. The summed E-state index contributed by atoms with van der Waals surface area (Å²) in [7, 11) is 0. The van der Waals surface area contributed by atoms with E-state index in [9.17, 15) is 0 Å². The third-order valence-corrected chi connectivity index (χ3v) is 1.48. The van der Waals surface area contributed by atoms with Crippen molar-refractivity contribution in [3.8, 4) is 0 Å². The van der Waals surface area contributed by atoms with Crippen molar-refractivity contribution in [2.45, 2.75) is 39.5 Å². The van der Waals surface area contributed by atoms with E-state index in [1.807, 2.05) is 0 Å². The molecule has 0 aliphatic heterocycles. The van der Waals surface area contributed by atoms with Gasteiger partial charge in [0.25, 0.3) is 0 Å². The van der Waals surface area contributed by atoms with Crippen LogP contribution in [0.2, 0.25) is 0 Å². The highest BCUT2D eigenvalue weighted by molar-refractivity contribution is 4.52. The quantitative estimate of drug-likeness (QED) is 0.525. The van der Waals surface area contributed by atoms with E-state index in [0.717, 1.165) is 12.3 Å². The molecule has 0 saturated carbocycles. The van der Waals surface area contributed by atoms with Crippen LogP contribution in [0.15, 0.2) is 0 Å². The highest BCUT2D eigenvalue weighted by Gasteiger charge is 1.95. The second-order valence-corrected chi connectivity index (χ2v) is 2.54. The molecule has 0 saturated heterocycles. The Bertz CT molecular complexity index is 33.3. The molecule has 0 nitrogen and oxygen atoms in total. The van der Waals surface area contributed by atoms with Gasteiger partial charge in [0.05, 0.1) is 0 Å². The summed E-state index contributed by atoms with van der Waals surface area (Å²) in [4.78, 5) is 0. The van der Waals surface area contributed by atoms with E-state index in [4.69, 9.17) is 0 Å². The van der Waals surface area contributed by atoms with Crippen LogP contribution in [0.1, 0.15) is 39.5 Å². The number of rotatable bonds is 4. The first kappa shape index (κ1) is 8.00. The molecule has 0 aliphatic carbocycles. The van der Waals surface area contributed by atoms with Crippen molar-refractivity contribution in [3.05, 3.63) is 6.92 Å². The van der Waals surface area contributed by atoms with Crippen LogP contribution in [0, 0.1) is 12.8 Å². The molecule has 1 radical (unpaired) electrons. The summed E-state index contributed by atoms with van der Waals surface area (Å²) in [6.45, 7) is 8.34. The van der Waals surface area contributed by atoms with Gasteiger partial charge in [-0.1, -0.05) is 46.5 Å². The maximum absolute atomic E-state index is 3.81. The fourth-order valence-electron chi connectivity index (χ4n) is 0.986. The fourth-order valence-corrected chi connectivity index (χ4v) is 0.986. The molecule has 0 aromatic rings. The Hall–Kier alpha value is 0. The summed E-state index contributed by atoms with van der Waals surface area (Å²) in [6.07, 6.45) is 5.09. The van der Waals surface area contributed by atoms with Gasteiger partial charge in [0.1, 0.15) is 0 Å². The first-order chi connectivity index (χ1) is 3.81. The van der Waals surface area contributed by atoms with Crippen molar-refractivity contribution < 1.29 is 0 Å². The molecule has 1 atom stereocenters. The Morgan fingerprint density at radius 3 is 2.38 bits per heavy atom. The van der Waals surface area contributed by atoms with Gasteiger partial charge in [-0.3, -0.25) is 0 Å². The summed E-state index contributed by atoms with van der Waals surface area (Å²) in [5.74, 6) is 0.900. The lowest BCUT2D eigenvalue weighted by Crippen LogP contribution is -1.91. The topological polar surface area (TPSA) is 0 Å². The first-order valence-corrected chi connectivity index (χ1v) is 3.60. The zero-order valence-electron chi connectivity index (χ0n) is 6.11. The molecular formula is C8H17. The molecule has 0 amide bonds. The minimum atomic E-state index is 0.900. The number of hydrogen-bond donors (Lipinski definition) is 0. The van der Waals surface area contributed by atoms with Gasteiger partial charge in [-0.25, -0.2) is 0 Å². The molecule has 0 aromatic heterocycles. The summed E-state index contributed by atoms with van der Waals surface area (Å²) in [5, 5.41) is 0. The summed E-state index contributed by atoms with van der Waals surface area (Å²) >= 11 is 0. The van der Waals surface area contributed by atoms with Crippen LogP contribution in [-0.4, -0.2) is 0 Å². The molecule has 0 fully saturated rings. The standard InChI is InChI=1S/C8H17/c1-4-6-8(3)7-5-2/h8H,1,4-7H2,2-3H3/t8-/m0/s1. The van der Waals surface area contributed by atoms with Crippen molar-refractivity contribution in [1.82, 2.24) is 0 Å². The molecular weight excluding hydrogens is 96.1 g/mol. The second kappa shape index (κ2) is 5.14. The van der Waals surface area contributed by atoms with Crippen molar-refractivity contribution in [2.24, 2.45) is 5.92 Å². The van der Waals surface area contributed by atoms with Crippen LogP contribution in [0.4, 0.5) is 0 Å². The van der Waals surface area contributed by atoms with Crippen molar-refractivity contribution in [1.29, 1.82) is 0 Å². The maximum Gasteiger partial charge on any atom is -0.0443 e. The van der Waals surface area contributed by atoms with Crippen molar-refractivity contribution in [3.63, 3.8) is 0 Å². The van der Waals surface area contributed by atoms with Crippen LogP contribution in [0.3, 0.4) is 0 Å². The van der Waals surface area contributed by atoms with E-state index in [-0.39, 0.29) is 0 Å². The Balaban J connectivity index is 2.92. The van der Waals surface area contributed by atoms with E-state index >= 15 is 0 Å². The zero-order valence-corrected chi connectivity index (χ0v) is 6.11. The van der Waals surface area contributed by atoms with Crippen LogP contribution in [0.25, 0.3) is 0 Å². The van der Waals surface area contributed by atoms with Gasteiger partial charge in [-0.05, 0) is 5.92 Å². The molecule has 0 unspecified atom stereocenters. The first-order valence-electron chi connectivity index (χ1n) is 3.60. The highest BCUT2D eigenvalue weighted by Crippen LogP contribution is 2.10. The average Bonchev–Trinajstić information content (AvgIpc) is 1.68. The molecule has 0 heterocycles.